The molecule has 0 fully saturated rings. The van der Waals surface area contributed by atoms with Crippen LogP contribution in [0.1, 0.15) is 55.5 Å². The number of amides is 1. The van der Waals surface area contributed by atoms with Crippen molar-refractivity contribution in [3.63, 3.8) is 0 Å². The van der Waals surface area contributed by atoms with E-state index in [1.807, 2.05) is 81.4 Å². The van der Waals surface area contributed by atoms with Gasteiger partial charge in [0.1, 0.15) is 11.8 Å². The molecule has 4 aromatic rings. The molecule has 1 unspecified atom stereocenters. The van der Waals surface area contributed by atoms with Crippen LogP contribution in [0.3, 0.4) is 0 Å². The van der Waals surface area contributed by atoms with E-state index in [4.69, 9.17) is 26.4 Å². The summed E-state index contributed by atoms with van der Waals surface area (Å²) in [4.78, 5) is 18.7. The number of thioether (sulfide) groups is 1. The van der Waals surface area contributed by atoms with Crippen molar-refractivity contribution in [2.24, 2.45) is 5.92 Å². The lowest BCUT2D eigenvalue weighted by atomic mass is 9.94. The van der Waals surface area contributed by atoms with Gasteiger partial charge in [-0.15, -0.1) is 5.10 Å². The van der Waals surface area contributed by atoms with Crippen LogP contribution in [-0.4, -0.2) is 27.3 Å². The fraction of sp³-hybridized carbons (Fsp3) is 0.303. The third-order valence-electron chi connectivity index (χ3n) is 7.18. The molecule has 1 atom stereocenters. The summed E-state index contributed by atoms with van der Waals surface area (Å²) in [6, 6.07) is 21.2. The summed E-state index contributed by atoms with van der Waals surface area (Å²) in [6.45, 7) is 11.0. The quantitative estimate of drug-likeness (QED) is 0.178. The Balaban J connectivity index is 1.46. The molecule has 7 nitrogen and oxygen atoms in total. The number of fused-ring (bicyclic) bond motifs is 1. The van der Waals surface area contributed by atoms with E-state index in [1.54, 1.807) is 4.68 Å². The van der Waals surface area contributed by atoms with Gasteiger partial charge in [-0.05, 0) is 74.1 Å². The van der Waals surface area contributed by atoms with Gasteiger partial charge in [0.25, 0.3) is 5.91 Å². The van der Waals surface area contributed by atoms with E-state index in [9.17, 15) is 4.79 Å². The molecule has 0 spiro atoms. The maximum absolute atomic E-state index is 13.9. The van der Waals surface area contributed by atoms with Crippen molar-refractivity contribution in [2.75, 3.05) is 17.2 Å². The fourth-order valence-corrected chi connectivity index (χ4v) is 5.97. The second-order valence-corrected chi connectivity index (χ2v) is 12.3. The van der Waals surface area contributed by atoms with Crippen LogP contribution in [0.15, 0.2) is 83.2 Å². The van der Waals surface area contributed by atoms with E-state index in [-0.39, 0.29) is 5.91 Å². The molecule has 5 rings (SSSR count). The lowest BCUT2D eigenvalue weighted by Crippen LogP contribution is -2.31. The van der Waals surface area contributed by atoms with E-state index < -0.39 is 6.04 Å². The van der Waals surface area contributed by atoms with Crippen LogP contribution in [0, 0.1) is 19.8 Å². The number of benzene rings is 3. The highest BCUT2D eigenvalue weighted by molar-refractivity contribution is 7.98. The average Bonchev–Trinajstić information content (AvgIpc) is 3.36. The Morgan fingerprint density at radius 3 is 2.57 bits per heavy atom. The Hall–Kier alpha value is -3.75. The fourth-order valence-electron chi connectivity index (χ4n) is 4.85. The molecule has 218 valence electrons. The highest BCUT2D eigenvalue weighted by atomic mass is 35.5. The van der Waals surface area contributed by atoms with Crippen LogP contribution < -0.4 is 15.4 Å². The molecule has 0 saturated carbocycles. The molecule has 1 aromatic heterocycles. The van der Waals surface area contributed by atoms with E-state index in [0.717, 1.165) is 45.8 Å². The number of aryl methyl sites for hydroxylation is 2. The predicted octanol–water partition coefficient (Wildman–Crippen LogP) is 8.19. The monoisotopic (exact) mass is 601 g/mol. The smallest absolute Gasteiger partial charge is 0.255 e. The summed E-state index contributed by atoms with van der Waals surface area (Å²) < 4.78 is 7.76. The molecule has 3 aromatic carbocycles. The van der Waals surface area contributed by atoms with Crippen LogP contribution in [-0.2, 0) is 10.5 Å². The molecule has 0 radical (unpaired) electrons. The Morgan fingerprint density at radius 1 is 1.10 bits per heavy atom. The van der Waals surface area contributed by atoms with Gasteiger partial charge < -0.3 is 15.4 Å². The van der Waals surface area contributed by atoms with Crippen LogP contribution in [0.4, 0.5) is 11.6 Å². The summed E-state index contributed by atoms with van der Waals surface area (Å²) in [6.07, 6.45) is 0.984. The van der Waals surface area contributed by atoms with Crippen molar-refractivity contribution in [1.29, 1.82) is 0 Å². The van der Waals surface area contributed by atoms with E-state index in [0.29, 0.717) is 40.0 Å². The second kappa shape index (κ2) is 13.0. The number of nitrogens with zero attached hydrogens (tertiary/aromatic N) is 3. The number of nitrogens with one attached hydrogen (secondary N) is 2. The van der Waals surface area contributed by atoms with E-state index in [2.05, 4.69) is 30.5 Å². The van der Waals surface area contributed by atoms with Gasteiger partial charge in [-0.25, -0.2) is 4.68 Å². The SMILES string of the molecule is CC1=C(C(=O)Nc2ccc(C)cc2C)C(c2ccc(OCCC(C)C)cc2)n2nc(SCc3ccccc3Cl)nc2N1. The van der Waals surface area contributed by atoms with Gasteiger partial charge in [0.15, 0.2) is 0 Å². The maximum Gasteiger partial charge on any atom is 0.255 e. The number of hydrogen-bond donors (Lipinski definition) is 2. The zero-order chi connectivity index (χ0) is 29.8. The van der Waals surface area contributed by atoms with Crippen molar-refractivity contribution in [3.05, 3.63) is 105 Å². The van der Waals surface area contributed by atoms with Crippen molar-refractivity contribution >= 4 is 40.9 Å². The molecule has 0 aliphatic carbocycles. The molecule has 1 amide bonds. The van der Waals surface area contributed by atoms with Gasteiger partial charge >= 0.3 is 0 Å². The first-order chi connectivity index (χ1) is 20.2. The molecular formula is C33H36ClN5O2S. The molecule has 42 heavy (non-hydrogen) atoms. The number of rotatable bonds is 10. The average molecular weight is 602 g/mol. The summed E-state index contributed by atoms with van der Waals surface area (Å²) in [5.74, 6) is 2.38. The number of hydrogen-bond acceptors (Lipinski definition) is 6. The number of carbonyl (C=O) groups is 1. The Morgan fingerprint density at radius 2 is 1.86 bits per heavy atom. The molecule has 0 saturated heterocycles. The number of halogens is 1. The van der Waals surface area contributed by atoms with E-state index in [1.165, 1.54) is 11.8 Å². The number of aromatic nitrogens is 3. The predicted molar refractivity (Wildman–Crippen MR) is 171 cm³/mol. The molecule has 1 aliphatic heterocycles. The highest BCUT2D eigenvalue weighted by Gasteiger charge is 2.34. The minimum Gasteiger partial charge on any atom is -0.494 e. The minimum absolute atomic E-state index is 0.194. The summed E-state index contributed by atoms with van der Waals surface area (Å²) in [5, 5.41) is 12.6. The summed E-state index contributed by atoms with van der Waals surface area (Å²) in [5.41, 5.74) is 6.14. The lowest BCUT2D eigenvalue weighted by Gasteiger charge is -2.29. The zero-order valence-corrected chi connectivity index (χ0v) is 26.1. The van der Waals surface area contributed by atoms with Gasteiger partial charge in [-0.3, -0.25) is 4.79 Å². The number of anilines is 2. The van der Waals surface area contributed by atoms with Crippen molar-refractivity contribution in [3.8, 4) is 5.75 Å². The first-order valence-electron chi connectivity index (χ1n) is 14.1. The lowest BCUT2D eigenvalue weighted by molar-refractivity contribution is -0.113. The largest absolute Gasteiger partial charge is 0.494 e. The Bertz CT molecular complexity index is 1610. The van der Waals surface area contributed by atoms with Gasteiger partial charge in [-0.1, -0.05) is 85.2 Å². The highest BCUT2D eigenvalue weighted by Crippen LogP contribution is 2.38. The van der Waals surface area contributed by atoms with Crippen LogP contribution in [0.5, 0.6) is 5.75 Å². The van der Waals surface area contributed by atoms with E-state index >= 15 is 0 Å². The first-order valence-corrected chi connectivity index (χ1v) is 15.5. The maximum atomic E-state index is 13.9. The van der Waals surface area contributed by atoms with Crippen LogP contribution in [0.2, 0.25) is 5.02 Å². The summed E-state index contributed by atoms with van der Waals surface area (Å²) >= 11 is 7.88. The Labute approximate surface area is 256 Å². The molecule has 2 N–H and O–H groups in total. The van der Waals surface area contributed by atoms with Crippen molar-refractivity contribution in [1.82, 2.24) is 14.8 Å². The second-order valence-electron chi connectivity index (χ2n) is 11.0. The molecular weight excluding hydrogens is 566 g/mol. The Kier molecular flexibility index (Phi) is 9.24. The number of ether oxygens (including phenoxy) is 1. The summed E-state index contributed by atoms with van der Waals surface area (Å²) in [7, 11) is 0. The van der Waals surface area contributed by atoms with Crippen molar-refractivity contribution in [2.45, 2.75) is 58.0 Å². The van der Waals surface area contributed by atoms with Crippen LogP contribution >= 0.6 is 23.4 Å². The number of carbonyl (C=O) groups excluding carboxylic acids is 1. The van der Waals surface area contributed by atoms with Crippen LogP contribution in [0.25, 0.3) is 0 Å². The van der Waals surface area contributed by atoms with Gasteiger partial charge in [0.2, 0.25) is 11.1 Å². The normalized spacial score (nSPS) is 14.5. The molecule has 2 heterocycles. The topological polar surface area (TPSA) is 81.1 Å². The minimum atomic E-state index is -0.487. The third kappa shape index (κ3) is 6.82. The van der Waals surface area contributed by atoms with Gasteiger partial charge in [0, 0.05) is 22.2 Å². The first kappa shape index (κ1) is 29.7. The molecule has 9 heteroatoms. The molecule has 0 bridgehead atoms. The zero-order valence-electron chi connectivity index (χ0n) is 24.6. The van der Waals surface area contributed by atoms with Gasteiger partial charge in [0.05, 0.1) is 12.2 Å². The molecule has 1 aliphatic rings. The standard InChI is InChI=1S/C33H36ClN5O2S/c1-20(2)16-17-41-26-13-11-24(12-14-26)30-29(31(40)36-28-15-10-21(3)18-22(28)4)23(5)35-32-37-33(38-39(30)32)42-19-25-8-6-7-9-27(25)34/h6-15,18,20,30H,16-17,19H2,1-5H3,(H,36,40)(H,35,37,38). The van der Waals surface area contributed by atoms with Gasteiger partial charge in [-0.2, -0.15) is 4.98 Å². The van der Waals surface area contributed by atoms with Crippen molar-refractivity contribution < 1.29 is 9.53 Å². The number of allylic oxidation sites excluding steroid dienone is 1. The third-order valence-corrected chi connectivity index (χ3v) is 8.44.